The van der Waals surface area contributed by atoms with E-state index in [0.29, 0.717) is 11.3 Å². The van der Waals surface area contributed by atoms with E-state index >= 15 is 0 Å². The quantitative estimate of drug-likeness (QED) is 0.762. The van der Waals surface area contributed by atoms with Gasteiger partial charge in [-0.3, -0.25) is 4.79 Å². The summed E-state index contributed by atoms with van der Waals surface area (Å²) in [6, 6.07) is 17.0. The summed E-state index contributed by atoms with van der Waals surface area (Å²) in [7, 11) is 0. The van der Waals surface area contributed by atoms with Gasteiger partial charge in [-0.05, 0) is 23.3 Å². The van der Waals surface area contributed by atoms with Crippen LogP contribution in [-0.2, 0) is 0 Å². The molecule has 86 valence electrons. The Hall–Kier alpha value is -2.60. The van der Waals surface area contributed by atoms with Crippen molar-refractivity contribution in [2.45, 2.75) is 5.92 Å². The lowest BCUT2D eigenvalue weighted by atomic mass is 9.89. The van der Waals surface area contributed by atoms with E-state index in [1.807, 2.05) is 42.5 Å². The van der Waals surface area contributed by atoms with Crippen molar-refractivity contribution in [3.8, 4) is 6.07 Å². The van der Waals surface area contributed by atoms with Crippen LogP contribution in [-0.4, -0.2) is 5.91 Å². The third-order valence-corrected chi connectivity index (χ3v) is 3.17. The molecule has 0 fully saturated rings. The van der Waals surface area contributed by atoms with Crippen molar-refractivity contribution in [2.24, 2.45) is 0 Å². The van der Waals surface area contributed by atoms with Crippen molar-refractivity contribution in [2.75, 3.05) is 5.32 Å². The number of anilines is 1. The first kappa shape index (κ1) is 10.5. The zero-order valence-electron chi connectivity index (χ0n) is 9.55. The molecular formula is C15H10N2O. The van der Waals surface area contributed by atoms with Gasteiger partial charge < -0.3 is 5.32 Å². The fraction of sp³-hybridized carbons (Fsp3) is 0.0667. The van der Waals surface area contributed by atoms with Crippen LogP contribution >= 0.6 is 0 Å². The van der Waals surface area contributed by atoms with Gasteiger partial charge in [0.1, 0.15) is 0 Å². The molecule has 0 radical (unpaired) electrons. The van der Waals surface area contributed by atoms with Crippen molar-refractivity contribution in [1.29, 1.82) is 5.26 Å². The number of hydrogen-bond donors (Lipinski definition) is 1. The number of nitriles is 1. The van der Waals surface area contributed by atoms with Gasteiger partial charge >= 0.3 is 0 Å². The van der Waals surface area contributed by atoms with Gasteiger partial charge in [0.15, 0.2) is 0 Å². The second kappa shape index (κ2) is 4.01. The lowest BCUT2D eigenvalue weighted by Gasteiger charge is -2.10. The van der Waals surface area contributed by atoms with E-state index < -0.39 is 5.92 Å². The molecule has 2 aromatic carbocycles. The smallest absolute Gasteiger partial charge is 0.256 e. The molecule has 3 heteroatoms. The molecule has 2 aromatic rings. The van der Waals surface area contributed by atoms with E-state index in [1.165, 1.54) is 0 Å². The Labute approximate surface area is 105 Å². The van der Waals surface area contributed by atoms with Crippen LogP contribution in [0.5, 0.6) is 0 Å². The molecule has 0 aromatic heterocycles. The molecule has 0 unspecified atom stereocenters. The Balaban J connectivity index is 2.31. The summed E-state index contributed by atoms with van der Waals surface area (Å²) in [5.74, 6) is -0.563. The molecule has 1 heterocycles. The van der Waals surface area contributed by atoms with E-state index in [-0.39, 0.29) is 5.91 Å². The monoisotopic (exact) mass is 234 g/mol. The highest BCUT2D eigenvalue weighted by Crippen LogP contribution is 2.34. The summed E-state index contributed by atoms with van der Waals surface area (Å²) in [6.07, 6.45) is 0. The van der Waals surface area contributed by atoms with E-state index in [4.69, 9.17) is 0 Å². The van der Waals surface area contributed by atoms with Gasteiger partial charge in [-0.25, -0.2) is 0 Å². The molecular weight excluding hydrogens is 224 g/mol. The van der Waals surface area contributed by atoms with Gasteiger partial charge in [0.25, 0.3) is 5.91 Å². The number of carbonyl (C=O) groups is 1. The van der Waals surface area contributed by atoms with Crippen LogP contribution in [0.15, 0.2) is 48.5 Å². The van der Waals surface area contributed by atoms with Crippen LogP contribution in [0.25, 0.3) is 0 Å². The summed E-state index contributed by atoms with van der Waals surface area (Å²) < 4.78 is 0. The molecule has 1 N–H and O–H groups in total. The van der Waals surface area contributed by atoms with Gasteiger partial charge in [0.05, 0.1) is 12.0 Å². The van der Waals surface area contributed by atoms with E-state index in [2.05, 4.69) is 11.4 Å². The van der Waals surface area contributed by atoms with Crippen LogP contribution < -0.4 is 5.32 Å². The van der Waals surface area contributed by atoms with Gasteiger partial charge in [0, 0.05) is 11.3 Å². The lowest BCUT2D eigenvalue weighted by molar-refractivity contribution is 0.102. The first-order valence-corrected chi connectivity index (χ1v) is 5.70. The molecule has 0 aliphatic carbocycles. The normalized spacial score (nSPS) is 16.8. The van der Waals surface area contributed by atoms with E-state index in [0.717, 1.165) is 11.1 Å². The van der Waals surface area contributed by atoms with Crippen LogP contribution in [0.4, 0.5) is 5.69 Å². The van der Waals surface area contributed by atoms with Gasteiger partial charge in [-0.1, -0.05) is 36.4 Å². The van der Waals surface area contributed by atoms with Crippen LogP contribution in [0.3, 0.4) is 0 Å². The molecule has 3 nitrogen and oxygen atoms in total. The highest BCUT2D eigenvalue weighted by Gasteiger charge is 2.26. The van der Waals surface area contributed by atoms with Crippen LogP contribution in [0.2, 0.25) is 0 Å². The first-order chi connectivity index (χ1) is 8.81. The predicted molar refractivity (Wildman–Crippen MR) is 68.3 cm³/mol. The zero-order chi connectivity index (χ0) is 12.5. The van der Waals surface area contributed by atoms with Crippen molar-refractivity contribution in [1.82, 2.24) is 0 Å². The predicted octanol–water partition coefficient (Wildman–Crippen LogP) is 2.91. The maximum absolute atomic E-state index is 12.1. The molecule has 1 aliphatic rings. The third kappa shape index (κ3) is 1.47. The molecule has 1 amide bonds. The molecule has 0 bridgehead atoms. The van der Waals surface area contributed by atoms with E-state index in [1.54, 1.807) is 6.07 Å². The topological polar surface area (TPSA) is 52.9 Å². The summed E-state index contributed by atoms with van der Waals surface area (Å²) in [6.45, 7) is 0. The standard InChI is InChI=1S/C15H10N2O/c16-9-13-10-5-1-2-7-12(10)15(18)17-14-8-4-3-6-11(13)14/h1-8,13H,(H,17,18)/t13-/m1/s1. The van der Waals surface area contributed by atoms with Crippen molar-refractivity contribution >= 4 is 11.6 Å². The molecule has 0 saturated heterocycles. The Morgan fingerprint density at radius 1 is 1.00 bits per heavy atom. The zero-order valence-corrected chi connectivity index (χ0v) is 9.55. The molecule has 0 spiro atoms. The Morgan fingerprint density at radius 2 is 1.67 bits per heavy atom. The average Bonchev–Trinajstić information content (AvgIpc) is 2.53. The fourth-order valence-corrected chi connectivity index (χ4v) is 2.31. The number of carbonyl (C=O) groups excluding carboxylic acids is 1. The van der Waals surface area contributed by atoms with E-state index in [9.17, 15) is 10.1 Å². The number of benzene rings is 2. The van der Waals surface area contributed by atoms with Gasteiger partial charge in [-0.2, -0.15) is 5.26 Å². The Kier molecular flexibility index (Phi) is 2.35. The summed E-state index contributed by atoms with van der Waals surface area (Å²) in [5.41, 5.74) is 2.89. The van der Waals surface area contributed by atoms with Crippen molar-refractivity contribution in [3.05, 3.63) is 65.2 Å². The number of rotatable bonds is 0. The number of amides is 1. The molecule has 3 rings (SSSR count). The summed E-state index contributed by atoms with van der Waals surface area (Å²) in [4.78, 5) is 12.1. The molecule has 0 saturated carbocycles. The Bertz CT molecular complexity index is 670. The van der Waals surface area contributed by atoms with Crippen LogP contribution in [0, 0.1) is 11.3 Å². The number of para-hydroxylation sites is 1. The second-order valence-electron chi connectivity index (χ2n) is 4.19. The number of fused-ring (bicyclic) bond motifs is 2. The lowest BCUT2D eigenvalue weighted by Crippen LogP contribution is -2.11. The van der Waals surface area contributed by atoms with Crippen LogP contribution in [0.1, 0.15) is 27.4 Å². The highest BCUT2D eigenvalue weighted by molar-refractivity contribution is 6.07. The molecule has 1 aliphatic heterocycles. The maximum Gasteiger partial charge on any atom is 0.256 e. The van der Waals surface area contributed by atoms with Crippen molar-refractivity contribution in [3.63, 3.8) is 0 Å². The summed E-state index contributed by atoms with van der Waals surface area (Å²) in [5, 5.41) is 12.3. The minimum absolute atomic E-state index is 0.157. The fourth-order valence-electron chi connectivity index (χ4n) is 2.31. The second-order valence-corrected chi connectivity index (χ2v) is 4.19. The van der Waals surface area contributed by atoms with Gasteiger partial charge in [-0.15, -0.1) is 0 Å². The minimum Gasteiger partial charge on any atom is -0.322 e. The number of hydrogen-bond acceptors (Lipinski definition) is 2. The average molecular weight is 234 g/mol. The Morgan fingerprint density at radius 3 is 2.44 bits per heavy atom. The maximum atomic E-state index is 12.1. The summed E-state index contributed by atoms with van der Waals surface area (Å²) >= 11 is 0. The largest absolute Gasteiger partial charge is 0.322 e. The third-order valence-electron chi connectivity index (χ3n) is 3.17. The molecule has 1 atom stereocenters. The molecule has 18 heavy (non-hydrogen) atoms. The first-order valence-electron chi connectivity index (χ1n) is 5.70. The number of nitrogens with one attached hydrogen (secondary N) is 1. The minimum atomic E-state index is -0.406. The van der Waals surface area contributed by atoms with Gasteiger partial charge in [0.2, 0.25) is 0 Å². The van der Waals surface area contributed by atoms with Crippen molar-refractivity contribution < 1.29 is 4.79 Å². The highest BCUT2D eigenvalue weighted by atomic mass is 16.1. The number of nitrogens with zero attached hydrogens (tertiary/aromatic N) is 1. The SMILES string of the molecule is N#C[C@H]1c2ccccc2NC(=O)c2ccccc21.